The van der Waals surface area contributed by atoms with E-state index in [1.165, 1.54) is 54.8 Å². The Morgan fingerprint density at radius 3 is 2.40 bits per heavy atom. The van der Waals surface area contributed by atoms with Crippen LogP contribution in [0.3, 0.4) is 0 Å². The maximum Gasteiger partial charge on any atom is 0.295 e. The molecule has 0 spiro atoms. The number of hydroxylamine groups is 1. The van der Waals surface area contributed by atoms with Crippen molar-refractivity contribution in [3.05, 3.63) is 102 Å². The van der Waals surface area contributed by atoms with Gasteiger partial charge in [0.1, 0.15) is 28.3 Å². The second kappa shape index (κ2) is 17.9. The highest BCUT2D eigenvalue weighted by Crippen LogP contribution is 2.39. The molecule has 2 heterocycles. The van der Waals surface area contributed by atoms with Gasteiger partial charge >= 0.3 is 0 Å². The number of unbranched alkanes of at least 4 members (excludes halogenated alkanes) is 1. The highest BCUT2D eigenvalue weighted by Gasteiger charge is 2.47. The molecule has 3 amide bonds. The molecule has 16 nitrogen and oxygen atoms in total. The number of benzene rings is 3. The third-order valence-corrected chi connectivity index (χ3v) is 10.2. The van der Waals surface area contributed by atoms with Crippen molar-refractivity contribution in [3.63, 3.8) is 0 Å². The van der Waals surface area contributed by atoms with E-state index >= 15 is 0 Å². The van der Waals surface area contributed by atoms with E-state index in [0.717, 1.165) is 5.56 Å². The van der Waals surface area contributed by atoms with Gasteiger partial charge in [0.25, 0.3) is 21.9 Å². The first-order valence-electron chi connectivity index (χ1n) is 17.2. The van der Waals surface area contributed by atoms with Crippen molar-refractivity contribution in [1.82, 2.24) is 20.7 Å². The lowest BCUT2D eigenvalue weighted by Gasteiger charge is -2.29. The summed E-state index contributed by atoms with van der Waals surface area (Å²) in [6, 6.07) is 20.3. The summed E-state index contributed by atoms with van der Waals surface area (Å²) in [5.41, 5.74) is 4.66. The summed E-state index contributed by atoms with van der Waals surface area (Å²) in [5, 5.41) is 16.3. The van der Waals surface area contributed by atoms with E-state index in [1.54, 1.807) is 49.0 Å². The van der Waals surface area contributed by atoms with E-state index in [1.807, 2.05) is 19.1 Å². The smallest absolute Gasteiger partial charge is 0.295 e. The van der Waals surface area contributed by atoms with Crippen molar-refractivity contribution < 1.29 is 46.8 Å². The van der Waals surface area contributed by atoms with Crippen LogP contribution in [0.5, 0.6) is 23.0 Å². The molecule has 1 aliphatic heterocycles. The zero-order valence-corrected chi connectivity index (χ0v) is 31.2. The van der Waals surface area contributed by atoms with Crippen LogP contribution in [0, 0.1) is 0 Å². The third-order valence-electron chi connectivity index (χ3n) is 9.25. The maximum absolute atomic E-state index is 13.8. The van der Waals surface area contributed by atoms with Gasteiger partial charge in [0, 0.05) is 30.9 Å². The Labute approximate surface area is 318 Å². The first-order valence-corrected chi connectivity index (χ1v) is 18.7. The van der Waals surface area contributed by atoms with Crippen LogP contribution in [-0.2, 0) is 25.1 Å². The van der Waals surface area contributed by atoms with Gasteiger partial charge in [-0.3, -0.25) is 29.6 Å². The number of carbonyl (C=O) groups is 3. The summed E-state index contributed by atoms with van der Waals surface area (Å²) >= 11 is 0. The fraction of sp³-hybridized carbons (Fsp3) is 0.289. The molecule has 1 aromatic heterocycles. The zero-order valence-electron chi connectivity index (χ0n) is 30.4. The summed E-state index contributed by atoms with van der Waals surface area (Å²) < 4.78 is 49.1. The summed E-state index contributed by atoms with van der Waals surface area (Å²) in [7, 11) is -1.34. The van der Waals surface area contributed by atoms with Crippen LogP contribution in [0.1, 0.15) is 54.1 Å². The number of nitrogens with one attached hydrogen (secondary N) is 3. The van der Waals surface area contributed by atoms with E-state index in [4.69, 9.17) is 14.2 Å². The van der Waals surface area contributed by atoms with Gasteiger partial charge in [-0.1, -0.05) is 30.3 Å². The molecule has 2 atom stereocenters. The molecule has 0 saturated carbocycles. The fourth-order valence-electron chi connectivity index (χ4n) is 6.20. The number of methoxy groups -OCH3 is 2. The molecule has 0 bridgehead atoms. The predicted octanol–water partition coefficient (Wildman–Crippen LogP) is 4.55. The predicted molar refractivity (Wildman–Crippen MR) is 201 cm³/mol. The van der Waals surface area contributed by atoms with Crippen molar-refractivity contribution >= 4 is 39.9 Å². The molecule has 5 N–H and O–H groups in total. The van der Waals surface area contributed by atoms with Gasteiger partial charge in [-0.05, 0) is 80.6 Å². The second-order valence-electron chi connectivity index (χ2n) is 12.8. The van der Waals surface area contributed by atoms with Crippen LogP contribution in [0.2, 0.25) is 0 Å². The molecule has 290 valence electrons. The first-order chi connectivity index (χ1) is 26.4. The van der Waals surface area contributed by atoms with E-state index in [-0.39, 0.29) is 46.6 Å². The van der Waals surface area contributed by atoms with E-state index in [0.29, 0.717) is 48.8 Å². The Morgan fingerprint density at radius 2 is 1.73 bits per heavy atom. The Morgan fingerprint density at radius 1 is 1.00 bits per heavy atom. The Balaban J connectivity index is 1.10. The zero-order chi connectivity index (χ0) is 39.6. The van der Waals surface area contributed by atoms with Gasteiger partial charge < -0.3 is 24.4 Å². The molecular weight excluding hydrogens is 733 g/mol. The highest BCUT2D eigenvalue weighted by molar-refractivity contribution is 7.86. The number of hydrogen-bond acceptors (Lipinski definition) is 12. The van der Waals surface area contributed by atoms with Crippen LogP contribution in [0.4, 0.5) is 5.82 Å². The number of ether oxygens (including phenoxy) is 3. The molecule has 17 heteroatoms. The summed E-state index contributed by atoms with van der Waals surface area (Å²) in [4.78, 5) is 44.6. The Hall–Kier alpha value is -6.04. The van der Waals surface area contributed by atoms with Gasteiger partial charge in [0.05, 0.1) is 31.4 Å². The number of likely N-dealkylation sites (tertiary alicyclic amines) is 1. The SMILES string of the molecule is COc1ccc(Oc2ccc(C3(C)CCN([C@H](CCCCNC(=O)c4ccc(N/N=C\c5ccccc5S(=O)(=O)O)nc4)C(=O)NO)C3=O)cc2)cc1OC. The molecule has 1 aliphatic rings. The molecule has 3 aromatic carbocycles. The molecule has 1 saturated heterocycles. The number of hydrazone groups is 1. The monoisotopic (exact) mass is 774 g/mol. The molecule has 4 aromatic rings. The fourth-order valence-corrected chi connectivity index (χ4v) is 6.86. The Kier molecular flexibility index (Phi) is 13.0. The van der Waals surface area contributed by atoms with Gasteiger partial charge in [-0.15, -0.1) is 0 Å². The lowest BCUT2D eigenvalue weighted by atomic mass is 9.81. The Bertz CT molecular complexity index is 2130. The second-order valence-corrected chi connectivity index (χ2v) is 14.2. The average Bonchev–Trinajstić information content (AvgIpc) is 3.49. The largest absolute Gasteiger partial charge is 0.493 e. The van der Waals surface area contributed by atoms with Crippen LogP contribution in [0.15, 0.2) is 95.1 Å². The van der Waals surface area contributed by atoms with Crippen LogP contribution in [0.25, 0.3) is 0 Å². The van der Waals surface area contributed by atoms with Crippen molar-refractivity contribution in [1.29, 1.82) is 0 Å². The van der Waals surface area contributed by atoms with Crippen molar-refractivity contribution in [2.45, 2.75) is 49.0 Å². The highest BCUT2D eigenvalue weighted by atomic mass is 32.2. The van der Waals surface area contributed by atoms with Crippen molar-refractivity contribution in [2.24, 2.45) is 5.10 Å². The first kappa shape index (κ1) is 40.2. The normalized spacial score (nSPS) is 16.1. The third kappa shape index (κ3) is 9.74. The molecule has 1 unspecified atom stereocenters. The van der Waals surface area contributed by atoms with Crippen molar-refractivity contribution in [2.75, 3.05) is 32.7 Å². The molecule has 5 rings (SSSR count). The minimum atomic E-state index is -4.43. The molecule has 0 aliphatic carbocycles. The summed E-state index contributed by atoms with van der Waals surface area (Å²) in [6.07, 6.45) is 4.25. The molecule has 1 fully saturated rings. The minimum Gasteiger partial charge on any atom is -0.493 e. The maximum atomic E-state index is 13.8. The number of hydrogen-bond donors (Lipinski definition) is 5. The standard InChI is InChI=1S/C38H42N6O10S/c1-38(27-12-14-28(15-13-27)54-29-16-17-31(52-2)32(22-29)53-3)19-21-44(37(38)47)30(36(46)43-48)9-6-7-20-39-35(45)26-11-18-34(40-23-26)42-41-24-25-8-4-5-10-33(25)55(49,50)51/h4-5,8,10-18,22-24,30,48H,6-7,9,19-21H2,1-3H3,(H,39,45)(H,40,42)(H,43,46)(H,49,50,51)/b41-24-/t30-,38?/m1/s1. The van der Waals surface area contributed by atoms with Crippen LogP contribution < -0.4 is 30.4 Å². The quantitative estimate of drug-likeness (QED) is 0.0328. The molecule has 55 heavy (non-hydrogen) atoms. The molecular formula is C38H42N6O10S. The number of aromatic nitrogens is 1. The lowest BCUT2D eigenvalue weighted by molar-refractivity contribution is -0.144. The molecule has 0 radical (unpaired) electrons. The van der Waals surface area contributed by atoms with Crippen LogP contribution in [-0.4, -0.2) is 85.3 Å². The van der Waals surface area contributed by atoms with E-state index in [9.17, 15) is 32.6 Å². The summed E-state index contributed by atoms with van der Waals surface area (Å²) in [5.74, 6) is 1.20. The summed E-state index contributed by atoms with van der Waals surface area (Å²) in [6.45, 7) is 2.43. The van der Waals surface area contributed by atoms with Gasteiger partial charge in [-0.25, -0.2) is 10.5 Å². The number of pyridine rings is 1. The van der Waals surface area contributed by atoms with Gasteiger partial charge in [0.15, 0.2) is 11.5 Å². The van der Waals surface area contributed by atoms with Gasteiger partial charge in [0.2, 0.25) is 5.91 Å². The number of rotatable bonds is 17. The number of amides is 3. The topological polar surface area (TPSA) is 218 Å². The van der Waals surface area contributed by atoms with Crippen molar-refractivity contribution in [3.8, 4) is 23.0 Å². The average molecular weight is 775 g/mol. The lowest BCUT2D eigenvalue weighted by Crippen LogP contribution is -2.49. The van der Waals surface area contributed by atoms with E-state index in [2.05, 4.69) is 20.8 Å². The number of nitrogens with zero attached hydrogens (tertiary/aromatic N) is 3. The van der Waals surface area contributed by atoms with Gasteiger partial charge in [-0.2, -0.15) is 13.5 Å². The van der Waals surface area contributed by atoms with E-state index < -0.39 is 27.5 Å². The minimum absolute atomic E-state index is 0.170. The van der Waals surface area contributed by atoms with Crippen LogP contribution >= 0.6 is 0 Å². The number of carbonyl (C=O) groups excluding carboxylic acids is 3. The number of anilines is 1.